The third-order valence-corrected chi connectivity index (χ3v) is 2.81. The van der Waals surface area contributed by atoms with Crippen molar-refractivity contribution in [3.8, 4) is 0 Å². The summed E-state index contributed by atoms with van der Waals surface area (Å²) in [5.74, 6) is -1.42. The Morgan fingerprint density at radius 1 is 1.40 bits per heavy atom. The molecular formula is C13H16N2O5. The van der Waals surface area contributed by atoms with Crippen LogP contribution in [-0.2, 0) is 4.79 Å². The van der Waals surface area contributed by atoms with Crippen LogP contribution in [0.2, 0.25) is 0 Å². The zero-order chi connectivity index (χ0) is 15.3. The van der Waals surface area contributed by atoms with Gasteiger partial charge in [0.2, 0.25) is 0 Å². The molecule has 0 atom stereocenters. The van der Waals surface area contributed by atoms with Crippen molar-refractivity contribution in [2.24, 2.45) is 0 Å². The molecule has 7 nitrogen and oxygen atoms in total. The molecule has 1 aromatic rings. The molecule has 7 heteroatoms. The summed E-state index contributed by atoms with van der Waals surface area (Å²) >= 11 is 0. The summed E-state index contributed by atoms with van der Waals surface area (Å²) in [4.78, 5) is 34.2. The predicted molar refractivity (Wildman–Crippen MR) is 71.7 cm³/mol. The van der Waals surface area contributed by atoms with E-state index >= 15 is 0 Å². The Hall–Kier alpha value is -2.44. The van der Waals surface area contributed by atoms with Gasteiger partial charge in [0, 0.05) is 26.1 Å². The fraction of sp³-hybridized carbons (Fsp3) is 0.385. The molecule has 0 saturated carbocycles. The first-order valence-corrected chi connectivity index (χ1v) is 6.05. The number of aryl methyl sites for hydroxylation is 1. The summed E-state index contributed by atoms with van der Waals surface area (Å²) in [6.45, 7) is 1.97. The molecule has 0 radical (unpaired) electrons. The van der Waals surface area contributed by atoms with Crippen molar-refractivity contribution in [2.45, 2.75) is 19.8 Å². The van der Waals surface area contributed by atoms with Crippen LogP contribution in [0.25, 0.3) is 0 Å². The molecule has 0 aliphatic carbocycles. The molecule has 0 spiro atoms. The number of nitrogens with zero attached hydrogens (tertiary/aromatic N) is 2. The highest BCUT2D eigenvalue weighted by molar-refractivity contribution is 5.98. The molecule has 20 heavy (non-hydrogen) atoms. The summed E-state index contributed by atoms with van der Waals surface area (Å²) in [7, 11) is 1.50. The van der Waals surface area contributed by atoms with Crippen molar-refractivity contribution in [1.29, 1.82) is 0 Å². The highest BCUT2D eigenvalue weighted by Gasteiger charge is 2.22. The van der Waals surface area contributed by atoms with Crippen LogP contribution in [-0.4, -0.2) is 40.4 Å². The molecule has 0 aromatic heterocycles. The fourth-order valence-electron chi connectivity index (χ4n) is 1.76. The minimum Gasteiger partial charge on any atom is -0.481 e. The molecule has 1 amide bonds. The number of carbonyl (C=O) groups excluding carboxylic acids is 1. The van der Waals surface area contributed by atoms with E-state index in [4.69, 9.17) is 5.11 Å². The molecule has 1 rings (SSSR count). The van der Waals surface area contributed by atoms with Gasteiger partial charge in [-0.1, -0.05) is 6.07 Å². The second-order valence-electron chi connectivity index (χ2n) is 4.50. The molecule has 0 unspecified atom stereocenters. The lowest BCUT2D eigenvalue weighted by Gasteiger charge is -2.16. The topological polar surface area (TPSA) is 101 Å². The predicted octanol–water partition coefficient (Wildman–Crippen LogP) is 1.84. The maximum absolute atomic E-state index is 12.2. The van der Waals surface area contributed by atoms with Gasteiger partial charge in [0.1, 0.15) is 5.56 Å². The van der Waals surface area contributed by atoms with Gasteiger partial charge in [-0.05, 0) is 25.0 Å². The normalized spacial score (nSPS) is 10.1. The Morgan fingerprint density at radius 2 is 2.05 bits per heavy atom. The molecule has 0 fully saturated rings. The van der Waals surface area contributed by atoms with E-state index in [-0.39, 0.29) is 24.2 Å². The van der Waals surface area contributed by atoms with Crippen molar-refractivity contribution in [1.82, 2.24) is 4.90 Å². The van der Waals surface area contributed by atoms with Gasteiger partial charge in [0.25, 0.3) is 11.6 Å². The first-order valence-electron chi connectivity index (χ1n) is 6.05. The monoisotopic (exact) mass is 280 g/mol. The van der Waals surface area contributed by atoms with E-state index < -0.39 is 16.8 Å². The lowest BCUT2D eigenvalue weighted by Crippen LogP contribution is -2.28. The van der Waals surface area contributed by atoms with Gasteiger partial charge in [-0.15, -0.1) is 0 Å². The summed E-state index contributed by atoms with van der Waals surface area (Å²) in [6.07, 6.45) is 0.255. The number of aliphatic carboxylic acids is 1. The number of amides is 1. The second kappa shape index (κ2) is 6.65. The molecule has 0 saturated heterocycles. The van der Waals surface area contributed by atoms with Crippen LogP contribution in [0, 0.1) is 17.0 Å². The van der Waals surface area contributed by atoms with Crippen molar-refractivity contribution in [2.75, 3.05) is 13.6 Å². The van der Waals surface area contributed by atoms with Crippen molar-refractivity contribution < 1.29 is 19.6 Å². The highest BCUT2D eigenvalue weighted by atomic mass is 16.6. The second-order valence-corrected chi connectivity index (χ2v) is 4.50. The molecule has 0 bridgehead atoms. The number of carboxylic acid groups (broad SMARTS) is 1. The first-order chi connectivity index (χ1) is 9.32. The van der Waals surface area contributed by atoms with Gasteiger partial charge in [0.05, 0.1) is 4.92 Å². The Kier molecular flexibility index (Phi) is 5.19. The van der Waals surface area contributed by atoms with E-state index in [0.29, 0.717) is 6.42 Å². The Morgan fingerprint density at radius 3 is 2.60 bits per heavy atom. The summed E-state index contributed by atoms with van der Waals surface area (Å²) in [5.41, 5.74) is 0.524. The zero-order valence-corrected chi connectivity index (χ0v) is 11.3. The van der Waals surface area contributed by atoms with Gasteiger partial charge in [-0.2, -0.15) is 0 Å². The van der Waals surface area contributed by atoms with Crippen molar-refractivity contribution in [3.05, 3.63) is 39.4 Å². The van der Waals surface area contributed by atoms with Crippen LogP contribution >= 0.6 is 0 Å². The molecule has 0 heterocycles. The maximum atomic E-state index is 12.2. The minimum atomic E-state index is -0.938. The van der Waals surface area contributed by atoms with Crippen molar-refractivity contribution in [3.63, 3.8) is 0 Å². The smallest absolute Gasteiger partial charge is 0.303 e. The number of hydrogen-bond acceptors (Lipinski definition) is 4. The van der Waals surface area contributed by atoms with E-state index in [1.807, 2.05) is 0 Å². The Balaban J connectivity index is 2.88. The Labute approximate surface area is 116 Å². The minimum absolute atomic E-state index is 0.0211. The number of nitro benzene ring substituents is 1. The quantitative estimate of drug-likeness (QED) is 0.633. The van der Waals surface area contributed by atoms with E-state index in [1.54, 1.807) is 13.0 Å². The number of carboxylic acids is 1. The molecule has 0 aliphatic rings. The number of benzene rings is 1. The lowest BCUT2D eigenvalue weighted by atomic mass is 10.1. The first kappa shape index (κ1) is 15.6. The summed E-state index contributed by atoms with van der Waals surface area (Å²) < 4.78 is 0. The number of nitro groups is 1. The molecular weight excluding hydrogens is 264 g/mol. The van der Waals surface area contributed by atoms with Crippen LogP contribution < -0.4 is 0 Å². The lowest BCUT2D eigenvalue weighted by molar-refractivity contribution is -0.385. The van der Waals surface area contributed by atoms with Gasteiger partial charge >= 0.3 is 5.97 Å². The SMILES string of the molecule is Cc1ccc([N+](=O)[O-])c(C(=O)N(C)CCCC(=O)O)c1. The zero-order valence-electron chi connectivity index (χ0n) is 11.3. The molecule has 108 valence electrons. The van der Waals surface area contributed by atoms with Crippen LogP contribution in [0.5, 0.6) is 0 Å². The van der Waals surface area contributed by atoms with Gasteiger partial charge < -0.3 is 10.0 Å². The third-order valence-electron chi connectivity index (χ3n) is 2.81. The van der Waals surface area contributed by atoms with E-state index in [1.165, 1.54) is 24.1 Å². The molecule has 0 aliphatic heterocycles. The third kappa shape index (κ3) is 4.04. The summed E-state index contributed by atoms with van der Waals surface area (Å²) in [5, 5.41) is 19.5. The van der Waals surface area contributed by atoms with E-state index in [0.717, 1.165) is 5.56 Å². The largest absolute Gasteiger partial charge is 0.481 e. The number of rotatable bonds is 6. The van der Waals surface area contributed by atoms with Crippen LogP contribution in [0.1, 0.15) is 28.8 Å². The average Bonchev–Trinajstić information content (AvgIpc) is 2.36. The van der Waals surface area contributed by atoms with Crippen molar-refractivity contribution >= 4 is 17.6 Å². The van der Waals surface area contributed by atoms with Gasteiger partial charge in [-0.3, -0.25) is 19.7 Å². The fourth-order valence-corrected chi connectivity index (χ4v) is 1.76. The Bertz CT molecular complexity index is 542. The average molecular weight is 280 g/mol. The highest BCUT2D eigenvalue weighted by Crippen LogP contribution is 2.21. The molecule has 1 N–H and O–H groups in total. The van der Waals surface area contributed by atoms with Gasteiger partial charge in [-0.25, -0.2) is 0 Å². The standard InChI is InChI=1S/C13H16N2O5/c1-9-5-6-11(15(19)20)10(8-9)13(18)14(2)7-3-4-12(16)17/h5-6,8H,3-4,7H2,1-2H3,(H,16,17). The molecule has 1 aromatic carbocycles. The van der Waals surface area contributed by atoms with Crippen LogP contribution in [0.3, 0.4) is 0 Å². The number of carbonyl (C=O) groups is 2. The van der Waals surface area contributed by atoms with Crippen LogP contribution in [0.15, 0.2) is 18.2 Å². The van der Waals surface area contributed by atoms with E-state index in [2.05, 4.69) is 0 Å². The van der Waals surface area contributed by atoms with Crippen LogP contribution in [0.4, 0.5) is 5.69 Å². The summed E-state index contributed by atoms with van der Waals surface area (Å²) in [6, 6.07) is 4.33. The van der Waals surface area contributed by atoms with E-state index in [9.17, 15) is 19.7 Å². The number of hydrogen-bond donors (Lipinski definition) is 1. The van der Waals surface area contributed by atoms with Gasteiger partial charge in [0.15, 0.2) is 0 Å². The maximum Gasteiger partial charge on any atom is 0.303 e.